The number of rotatable bonds is 15. The number of aromatic nitrogens is 2. The molecule has 1 aromatic heterocycles. The van der Waals surface area contributed by atoms with Gasteiger partial charge in [-0.15, -0.1) is 6.42 Å². The van der Waals surface area contributed by atoms with Gasteiger partial charge >= 0.3 is 0 Å². The number of hydrogen-bond donors (Lipinski definition) is 3. The summed E-state index contributed by atoms with van der Waals surface area (Å²) < 4.78 is 5.51. The second-order valence-corrected chi connectivity index (χ2v) is 10.5. The molecule has 0 bridgehead atoms. The number of aldehydes is 1. The molecule has 0 spiro atoms. The van der Waals surface area contributed by atoms with E-state index in [0.29, 0.717) is 18.4 Å². The van der Waals surface area contributed by atoms with Crippen molar-refractivity contribution in [2.45, 2.75) is 51.5 Å². The van der Waals surface area contributed by atoms with Crippen LogP contribution in [0.25, 0.3) is 10.9 Å². The standard InChI is InChI=1S/C20H20N4O.C16H21NO3/c1-4-14-6-5-7-16(10-14)24-20-17-11-15(8-9-21-2)19(25-3)12-18(17)22-13-23-20;1-13(19)8-4-2-7-11-15(12-18)17-16(20)14-9-5-3-6-10-14/h1,5-7,10-13,21H,8-9H2,2-3H3,(H,22,23,24);3,5-6,9-10,12,15H,2,4,7-8,11H2,1H3,(H,17,20)/t;15-/m.0/s1. The van der Waals surface area contributed by atoms with E-state index in [9.17, 15) is 14.4 Å². The molecule has 0 aliphatic carbocycles. The second-order valence-electron chi connectivity index (χ2n) is 10.5. The van der Waals surface area contributed by atoms with Crippen LogP contribution in [0.2, 0.25) is 0 Å². The van der Waals surface area contributed by atoms with Crippen LogP contribution in [0.15, 0.2) is 73.1 Å². The summed E-state index contributed by atoms with van der Waals surface area (Å²) in [5, 5.41) is 10.2. The van der Waals surface area contributed by atoms with Crippen LogP contribution < -0.4 is 20.7 Å². The highest BCUT2D eigenvalue weighted by molar-refractivity contribution is 5.95. The van der Waals surface area contributed by atoms with Crippen LogP contribution in [0.1, 0.15) is 60.5 Å². The van der Waals surface area contributed by atoms with Gasteiger partial charge in [-0.25, -0.2) is 9.97 Å². The number of benzene rings is 3. The maximum Gasteiger partial charge on any atom is 0.251 e. The van der Waals surface area contributed by atoms with Gasteiger partial charge in [-0.2, -0.15) is 0 Å². The Bertz CT molecular complexity index is 1600. The maximum atomic E-state index is 11.9. The number of nitrogens with zero attached hydrogens (tertiary/aromatic N) is 2. The molecule has 0 radical (unpaired) electrons. The molecule has 0 saturated heterocycles. The molecule has 1 amide bonds. The highest BCUT2D eigenvalue weighted by Gasteiger charge is 2.13. The van der Waals surface area contributed by atoms with E-state index in [1.807, 2.05) is 43.4 Å². The Kier molecular flexibility index (Phi) is 14.2. The number of anilines is 2. The molecule has 0 aliphatic rings. The van der Waals surface area contributed by atoms with Gasteiger partial charge in [-0.1, -0.05) is 43.0 Å². The average Bonchev–Trinajstić information content (AvgIpc) is 3.07. The van der Waals surface area contributed by atoms with Crippen molar-refractivity contribution in [2.75, 3.05) is 26.0 Å². The van der Waals surface area contributed by atoms with E-state index in [-0.39, 0.29) is 11.7 Å². The molecule has 0 saturated carbocycles. The average molecular weight is 608 g/mol. The number of unbranched alkanes of at least 4 members (excludes halogenated alkanes) is 2. The van der Waals surface area contributed by atoms with Gasteiger partial charge in [-0.3, -0.25) is 4.79 Å². The number of fused-ring (bicyclic) bond motifs is 1. The molecule has 4 aromatic rings. The van der Waals surface area contributed by atoms with Crippen molar-refractivity contribution in [1.29, 1.82) is 0 Å². The predicted molar refractivity (Wildman–Crippen MR) is 179 cm³/mol. The number of likely N-dealkylation sites (N-methyl/N-ethyl adjacent to an activating group) is 1. The Balaban J connectivity index is 0.000000253. The third kappa shape index (κ3) is 11.2. The number of methoxy groups -OCH3 is 1. The second kappa shape index (κ2) is 18.6. The molecule has 3 N–H and O–H groups in total. The molecule has 9 nitrogen and oxygen atoms in total. The smallest absolute Gasteiger partial charge is 0.251 e. The number of carbonyl (C=O) groups excluding carboxylic acids is 3. The molecule has 0 aliphatic heterocycles. The molecule has 0 fully saturated rings. The minimum absolute atomic E-state index is 0.189. The van der Waals surface area contributed by atoms with Crippen molar-refractivity contribution in [3.05, 3.63) is 89.7 Å². The first kappa shape index (κ1) is 34.4. The molecule has 3 aromatic carbocycles. The van der Waals surface area contributed by atoms with Crippen LogP contribution in [0.4, 0.5) is 11.5 Å². The summed E-state index contributed by atoms with van der Waals surface area (Å²) >= 11 is 0. The van der Waals surface area contributed by atoms with Gasteiger partial charge in [0.2, 0.25) is 0 Å². The number of Topliss-reactive ketones (excluding diaryl/α,β-unsaturated/α-hetero) is 1. The molecule has 4 rings (SSSR count). The third-order valence-corrected chi connectivity index (χ3v) is 7.03. The zero-order chi connectivity index (χ0) is 32.4. The van der Waals surface area contributed by atoms with Crippen LogP contribution >= 0.6 is 0 Å². The molecule has 0 unspecified atom stereocenters. The van der Waals surface area contributed by atoms with Crippen LogP contribution in [0.5, 0.6) is 5.75 Å². The SMILES string of the molecule is C#Cc1cccc(Nc2ncnc3cc(OC)c(CCNC)cc23)c1.CC(=O)CCCCC[C@@H](C=O)NC(=O)c1ccccc1. The molecule has 9 heteroatoms. The summed E-state index contributed by atoms with van der Waals surface area (Å²) in [5.41, 5.74) is 4.20. The maximum absolute atomic E-state index is 11.9. The van der Waals surface area contributed by atoms with Gasteiger partial charge in [0, 0.05) is 34.7 Å². The van der Waals surface area contributed by atoms with Crippen molar-refractivity contribution in [1.82, 2.24) is 20.6 Å². The lowest BCUT2D eigenvalue weighted by Crippen LogP contribution is -2.35. The molecule has 1 heterocycles. The first-order valence-corrected chi connectivity index (χ1v) is 15.0. The fraction of sp³-hybridized carbons (Fsp3) is 0.306. The van der Waals surface area contributed by atoms with E-state index >= 15 is 0 Å². The Labute approximate surface area is 265 Å². The van der Waals surface area contributed by atoms with Gasteiger partial charge < -0.3 is 30.3 Å². The minimum Gasteiger partial charge on any atom is -0.496 e. The van der Waals surface area contributed by atoms with Crippen LogP contribution in [-0.2, 0) is 16.0 Å². The fourth-order valence-corrected chi connectivity index (χ4v) is 4.63. The van der Waals surface area contributed by atoms with Crippen LogP contribution in [-0.4, -0.2) is 54.7 Å². The van der Waals surface area contributed by atoms with Crippen LogP contribution in [0.3, 0.4) is 0 Å². The van der Waals surface area contributed by atoms with Gasteiger partial charge in [0.15, 0.2) is 0 Å². The van der Waals surface area contributed by atoms with Crippen LogP contribution in [0, 0.1) is 12.3 Å². The van der Waals surface area contributed by atoms with E-state index in [0.717, 1.165) is 77.8 Å². The lowest BCUT2D eigenvalue weighted by molar-refractivity contribution is -0.117. The number of nitrogens with one attached hydrogen (secondary N) is 3. The summed E-state index contributed by atoms with van der Waals surface area (Å²) in [5.74, 6) is 4.18. The topological polar surface area (TPSA) is 122 Å². The summed E-state index contributed by atoms with van der Waals surface area (Å²) in [6.07, 6.45) is 12.4. The van der Waals surface area contributed by atoms with E-state index < -0.39 is 6.04 Å². The number of carbonyl (C=O) groups is 3. The predicted octanol–water partition coefficient (Wildman–Crippen LogP) is 5.65. The van der Waals surface area contributed by atoms with E-state index in [4.69, 9.17) is 11.2 Å². The Hall–Kier alpha value is -5.07. The van der Waals surface area contributed by atoms with Gasteiger partial charge in [0.1, 0.15) is 30.0 Å². The highest BCUT2D eigenvalue weighted by Crippen LogP contribution is 2.30. The van der Waals surface area contributed by atoms with E-state index in [1.54, 1.807) is 44.6 Å². The first-order valence-electron chi connectivity index (χ1n) is 15.0. The summed E-state index contributed by atoms with van der Waals surface area (Å²) in [4.78, 5) is 42.4. The number of ketones is 1. The molecule has 1 atom stereocenters. The van der Waals surface area contributed by atoms with E-state index in [1.165, 1.54) is 0 Å². The van der Waals surface area contributed by atoms with Crippen molar-refractivity contribution in [2.24, 2.45) is 0 Å². The molecule has 45 heavy (non-hydrogen) atoms. The Morgan fingerprint density at radius 2 is 1.82 bits per heavy atom. The van der Waals surface area contributed by atoms with Crippen molar-refractivity contribution < 1.29 is 19.1 Å². The summed E-state index contributed by atoms with van der Waals surface area (Å²) in [6, 6.07) is 20.1. The van der Waals surface area contributed by atoms with Gasteiger partial charge in [0.25, 0.3) is 5.91 Å². The Morgan fingerprint density at radius 1 is 1.02 bits per heavy atom. The number of terminal acetylenes is 1. The number of ether oxygens (including phenoxy) is 1. The highest BCUT2D eigenvalue weighted by atomic mass is 16.5. The van der Waals surface area contributed by atoms with Gasteiger partial charge in [0.05, 0.1) is 18.7 Å². The number of hydrogen-bond acceptors (Lipinski definition) is 8. The summed E-state index contributed by atoms with van der Waals surface area (Å²) in [7, 11) is 3.61. The molecule has 234 valence electrons. The lowest BCUT2D eigenvalue weighted by atomic mass is 10.1. The van der Waals surface area contributed by atoms with Crippen molar-refractivity contribution >= 4 is 40.4 Å². The first-order chi connectivity index (χ1) is 21.9. The van der Waals surface area contributed by atoms with Gasteiger partial charge in [-0.05, 0) is 81.7 Å². The van der Waals surface area contributed by atoms with Crippen molar-refractivity contribution in [3.8, 4) is 18.1 Å². The monoisotopic (exact) mass is 607 g/mol. The minimum atomic E-state index is -0.458. The normalized spacial score (nSPS) is 11.0. The number of amides is 1. The Morgan fingerprint density at radius 3 is 2.51 bits per heavy atom. The quantitative estimate of drug-likeness (QED) is 0.0901. The van der Waals surface area contributed by atoms with Crippen molar-refractivity contribution in [3.63, 3.8) is 0 Å². The molecular weight excluding hydrogens is 566 g/mol. The zero-order valence-corrected chi connectivity index (χ0v) is 26.1. The molecular formula is C36H41N5O4. The lowest BCUT2D eigenvalue weighted by Gasteiger charge is -2.13. The third-order valence-electron chi connectivity index (χ3n) is 7.03. The summed E-state index contributed by atoms with van der Waals surface area (Å²) in [6.45, 7) is 2.44. The largest absolute Gasteiger partial charge is 0.496 e. The zero-order valence-electron chi connectivity index (χ0n) is 26.1. The van der Waals surface area contributed by atoms with E-state index in [2.05, 4.69) is 37.9 Å². The fourth-order valence-electron chi connectivity index (χ4n) is 4.63.